The summed E-state index contributed by atoms with van der Waals surface area (Å²) in [6.45, 7) is 4.46. The summed E-state index contributed by atoms with van der Waals surface area (Å²) in [7, 11) is 0. The molecule has 2 aromatic heterocycles. The number of benzene rings is 1. The number of nitrogens with one attached hydrogen (secondary N) is 1. The first-order chi connectivity index (χ1) is 12.5. The van der Waals surface area contributed by atoms with Gasteiger partial charge in [0.1, 0.15) is 5.75 Å². The zero-order chi connectivity index (χ0) is 18.7. The maximum absolute atomic E-state index is 12.3. The summed E-state index contributed by atoms with van der Waals surface area (Å²) in [6.07, 6.45) is 0. The van der Waals surface area contributed by atoms with Crippen LogP contribution in [0, 0.1) is 17.0 Å². The highest BCUT2D eigenvalue weighted by Gasteiger charge is 2.17. The van der Waals surface area contributed by atoms with Gasteiger partial charge in [0, 0.05) is 16.5 Å². The topological polar surface area (TPSA) is 94.4 Å². The van der Waals surface area contributed by atoms with E-state index in [1.54, 1.807) is 0 Å². The lowest BCUT2D eigenvalue weighted by Crippen LogP contribution is -2.09. The van der Waals surface area contributed by atoms with Crippen molar-refractivity contribution in [2.24, 2.45) is 0 Å². The predicted molar refractivity (Wildman–Crippen MR) is 102 cm³/mol. The van der Waals surface area contributed by atoms with E-state index in [2.05, 4.69) is 10.3 Å². The van der Waals surface area contributed by atoms with Gasteiger partial charge in [-0.1, -0.05) is 11.3 Å². The summed E-state index contributed by atoms with van der Waals surface area (Å²) >= 11 is 2.19. The van der Waals surface area contributed by atoms with Crippen LogP contribution >= 0.6 is 22.7 Å². The minimum atomic E-state index is -0.515. The summed E-state index contributed by atoms with van der Waals surface area (Å²) in [5, 5.41) is 13.8. The summed E-state index contributed by atoms with van der Waals surface area (Å²) in [6, 6.07) is 10.3. The first-order valence-corrected chi connectivity index (χ1v) is 9.37. The summed E-state index contributed by atoms with van der Waals surface area (Å²) < 4.78 is 5.43. The van der Waals surface area contributed by atoms with E-state index in [1.165, 1.54) is 23.5 Å². The van der Waals surface area contributed by atoms with Gasteiger partial charge in [0.15, 0.2) is 5.13 Å². The third kappa shape index (κ3) is 3.89. The van der Waals surface area contributed by atoms with Gasteiger partial charge in [0.05, 0.1) is 22.1 Å². The fourth-order valence-electron chi connectivity index (χ4n) is 2.30. The quantitative estimate of drug-likeness (QED) is 0.485. The number of carbonyl (C=O) groups is 1. The molecule has 3 aromatic rings. The molecule has 26 heavy (non-hydrogen) atoms. The van der Waals surface area contributed by atoms with E-state index in [0.29, 0.717) is 11.7 Å². The van der Waals surface area contributed by atoms with Crippen LogP contribution in [-0.4, -0.2) is 22.4 Å². The predicted octanol–water partition coefficient (Wildman–Crippen LogP) is 4.74. The van der Waals surface area contributed by atoms with Crippen LogP contribution in [-0.2, 0) is 0 Å². The molecule has 0 fully saturated rings. The van der Waals surface area contributed by atoms with E-state index in [-0.39, 0.29) is 9.88 Å². The van der Waals surface area contributed by atoms with Crippen LogP contribution in [0.5, 0.6) is 5.75 Å². The van der Waals surface area contributed by atoms with E-state index < -0.39 is 10.8 Å². The zero-order valence-corrected chi connectivity index (χ0v) is 15.6. The highest BCUT2D eigenvalue weighted by molar-refractivity contribution is 7.18. The highest BCUT2D eigenvalue weighted by atomic mass is 32.1. The Hall–Kier alpha value is -2.78. The number of amides is 1. The van der Waals surface area contributed by atoms with E-state index in [0.717, 1.165) is 33.2 Å². The molecule has 0 aliphatic heterocycles. The molecule has 9 heteroatoms. The lowest BCUT2D eigenvalue weighted by molar-refractivity contribution is -0.380. The molecule has 0 radical (unpaired) electrons. The van der Waals surface area contributed by atoms with E-state index in [9.17, 15) is 14.9 Å². The van der Waals surface area contributed by atoms with Crippen molar-refractivity contribution in [2.45, 2.75) is 13.8 Å². The molecule has 0 aliphatic rings. The second-order valence-electron chi connectivity index (χ2n) is 5.23. The van der Waals surface area contributed by atoms with Crippen molar-refractivity contribution in [1.29, 1.82) is 0 Å². The van der Waals surface area contributed by atoms with E-state index >= 15 is 0 Å². The summed E-state index contributed by atoms with van der Waals surface area (Å²) in [4.78, 5) is 28.2. The van der Waals surface area contributed by atoms with Gasteiger partial charge in [0.25, 0.3) is 5.91 Å². The Morgan fingerprint density at radius 3 is 2.58 bits per heavy atom. The number of nitrogens with zero attached hydrogens (tertiary/aromatic N) is 2. The van der Waals surface area contributed by atoms with Gasteiger partial charge in [-0.25, -0.2) is 4.98 Å². The second kappa shape index (κ2) is 7.63. The SMILES string of the molecule is CCOc1ccc(-c2nc(NC(=O)c3ccc([N+](=O)[O-])s3)sc2C)cc1. The van der Waals surface area contributed by atoms with Crippen LogP contribution < -0.4 is 10.1 Å². The van der Waals surface area contributed by atoms with Crippen LogP contribution in [0.3, 0.4) is 0 Å². The Kier molecular flexibility index (Phi) is 5.29. The molecular formula is C17H15N3O4S2. The number of aromatic nitrogens is 1. The number of thiazole rings is 1. The van der Waals surface area contributed by atoms with Crippen molar-refractivity contribution < 1.29 is 14.5 Å². The number of nitro groups is 1. The molecule has 0 bridgehead atoms. The lowest BCUT2D eigenvalue weighted by atomic mass is 10.1. The standard InChI is InChI=1S/C17H15N3O4S2/c1-3-24-12-6-4-11(5-7-12)15-10(2)25-17(18-15)19-16(21)13-8-9-14(26-13)20(22)23/h4-9H,3H2,1-2H3,(H,18,19,21). The van der Waals surface area contributed by atoms with Gasteiger partial charge in [-0.3, -0.25) is 20.2 Å². The number of hydrogen-bond acceptors (Lipinski definition) is 7. The summed E-state index contributed by atoms with van der Waals surface area (Å²) in [5.41, 5.74) is 1.71. The summed E-state index contributed by atoms with van der Waals surface area (Å²) in [5.74, 6) is 0.382. The number of carbonyl (C=O) groups excluding carboxylic acids is 1. The van der Waals surface area contributed by atoms with Crippen molar-refractivity contribution in [2.75, 3.05) is 11.9 Å². The van der Waals surface area contributed by atoms with Gasteiger partial charge in [-0.05, 0) is 44.2 Å². The third-order valence-corrected chi connectivity index (χ3v) is 5.37. The Labute approximate surface area is 157 Å². The molecule has 0 saturated heterocycles. The number of rotatable bonds is 6. The maximum atomic E-state index is 12.3. The number of aryl methyl sites for hydroxylation is 1. The molecule has 3 rings (SSSR count). The maximum Gasteiger partial charge on any atom is 0.324 e. The molecule has 0 aliphatic carbocycles. The average molecular weight is 389 g/mol. The minimum Gasteiger partial charge on any atom is -0.494 e. The highest BCUT2D eigenvalue weighted by Crippen LogP contribution is 2.32. The molecular weight excluding hydrogens is 374 g/mol. The zero-order valence-electron chi connectivity index (χ0n) is 14.0. The smallest absolute Gasteiger partial charge is 0.324 e. The number of ether oxygens (including phenoxy) is 1. The van der Waals surface area contributed by atoms with Crippen LogP contribution in [0.15, 0.2) is 36.4 Å². The molecule has 0 saturated carbocycles. The first-order valence-electron chi connectivity index (χ1n) is 7.74. The Morgan fingerprint density at radius 1 is 1.23 bits per heavy atom. The molecule has 134 valence electrons. The minimum absolute atomic E-state index is 0.0689. The molecule has 1 N–H and O–H groups in total. The van der Waals surface area contributed by atoms with Gasteiger partial charge in [-0.15, -0.1) is 11.3 Å². The number of anilines is 1. The Bertz CT molecular complexity index is 947. The van der Waals surface area contributed by atoms with Gasteiger partial charge in [-0.2, -0.15) is 0 Å². The second-order valence-corrected chi connectivity index (χ2v) is 7.50. The normalized spacial score (nSPS) is 10.5. The first kappa shape index (κ1) is 18.0. The monoisotopic (exact) mass is 389 g/mol. The Balaban J connectivity index is 1.76. The van der Waals surface area contributed by atoms with Crippen molar-refractivity contribution in [1.82, 2.24) is 4.98 Å². The van der Waals surface area contributed by atoms with Crippen LogP contribution in [0.25, 0.3) is 11.3 Å². The van der Waals surface area contributed by atoms with Crippen molar-refractivity contribution in [3.63, 3.8) is 0 Å². The number of thiophene rings is 1. The molecule has 2 heterocycles. The molecule has 7 nitrogen and oxygen atoms in total. The van der Waals surface area contributed by atoms with Crippen molar-refractivity contribution in [3.05, 3.63) is 56.3 Å². The number of hydrogen-bond donors (Lipinski definition) is 1. The van der Waals surface area contributed by atoms with Crippen molar-refractivity contribution >= 4 is 38.7 Å². The fraction of sp³-hybridized carbons (Fsp3) is 0.176. The van der Waals surface area contributed by atoms with Gasteiger partial charge >= 0.3 is 5.00 Å². The lowest BCUT2D eigenvalue weighted by Gasteiger charge is -2.04. The molecule has 0 unspecified atom stereocenters. The molecule has 1 amide bonds. The van der Waals surface area contributed by atoms with Gasteiger partial charge in [0.2, 0.25) is 0 Å². The van der Waals surface area contributed by atoms with Crippen LogP contribution in [0.1, 0.15) is 21.5 Å². The largest absolute Gasteiger partial charge is 0.494 e. The molecule has 0 atom stereocenters. The van der Waals surface area contributed by atoms with Crippen LogP contribution in [0.2, 0.25) is 0 Å². The average Bonchev–Trinajstić information content (AvgIpc) is 3.23. The van der Waals surface area contributed by atoms with E-state index in [1.807, 2.05) is 38.1 Å². The Morgan fingerprint density at radius 2 is 1.96 bits per heavy atom. The molecule has 0 spiro atoms. The fourth-order valence-corrected chi connectivity index (χ4v) is 3.85. The molecule has 1 aromatic carbocycles. The van der Waals surface area contributed by atoms with Crippen LogP contribution in [0.4, 0.5) is 10.1 Å². The van der Waals surface area contributed by atoms with E-state index in [4.69, 9.17) is 4.74 Å². The third-order valence-electron chi connectivity index (χ3n) is 3.45. The van der Waals surface area contributed by atoms with Crippen molar-refractivity contribution in [3.8, 4) is 17.0 Å². The van der Waals surface area contributed by atoms with Gasteiger partial charge < -0.3 is 4.74 Å².